The summed E-state index contributed by atoms with van der Waals surface area (Å²) >= 11 is 11.7. The van der Waals surface area contributed by atoms with E-state index in [0.717, 1.165) is 60.9 Å². The molecule has 1 saturated carbocycles. The Kier molecular flexibility index (Phi) is 7.68. The maximum Gasteiger partial charge on any atom is 0.225 e. The van der Waals surface area contributed by atoms with E-state index in [2.05, 4.69) is 34.9 Å². The number of nitrogens with zero attached hydrogens (tertiary/aromatic N) is 3. The average molecular weight is 473 g/mol. The lowest BCUT2D eigenvalue weighted by Gasteiger charge is -2.31. The summed E-state index contributed by atoms with van der Waals surface area (Å²) in [6.07, 6.45) is 8.87. The Hall–Kier alpha value is -2.12. The number of hydrogen-bond acceptors (Lipinski definition) is 5. The van der Waals surface area contributed by atoms with Crippen LogP contribution in [0.3, 0.4) is 0 Å². The van der Waals surface area contributed by atoms with Gasteiger partial charge in [0.1, 0.15) is 5.82 Å². The van der Waals surface area contributed by atoms with Crippen LogP contribution >= 0.6 is 23.8 Å². The van der Waals surface area contributed by atoms with Crippen LogP contribution in [0, 0.1) is 0 Å². The lowest BCUT2D eigenvalue weighted by Crippen LogP contribution is -2.44. The third-order valence-corrected chi connectivity index (χ3v) is 7.01. The van der Waals surface area contributed by atoms with Gasteiger partial charge >= 0.3 is 0 Å². The number of rotatable bonds is 6. The van der Waals surface area contributed by atoms with Crippen molar-refractivity contribution in [3.63, 3.8) is 0 Å². The SMILES string of the molecule is CN(C)c1nc(NC2CCC(NC(=S)NCc3ccccc3Cl)CC2)nc2c1CCCC2. The highest BCUT2D eigenvalue weighted by atomic mass is 35.5. The molecule has 0 spiro atoms. The Morgan fingerprint density at radius 3 is 2.53 bits per heavy atom. The molecule has 0 bridgehead atoms. The van der Waals surface area contributed by atoms with E-state index in [1.165, 1.54) is 24.1 Å². The molecule has 0 amide bonds. The quantitative estimate of drug-likeness (QED) is 0.536. The number of fused-ring (bicyclic) bond motifs is 1. The third kappa shape index (κ3) is 5.81. The fourth-order valence-corrected chi connectivity index (χ4v) is 5.07. The van der Waals surface area contributed by atoms with E-state index in [9.17, 15) is 0 Å². The molecule has 2 aliphatic rings. The van der Waals surface area contributed by atoms with Crippen LogP contribution in [0.1, 0.15) is 55.3 Å². The maximum atomic E-state index is 6.22. The molecule has 2 aromatic rings. The largest absolute Gasteiger partial charge is 0.362 e. The Labute approximate surface area is 201 Å². The molecular formula is C24H33ClN6S. The third-order valence-electron chi connectivity index (χ3n) is 6.38. The molecule has 32 heavy (non-hydrogen) atoms. The molecule has 0 aliphatic heterocycles. The molecule has 0 saturated heterocycles. The van der Waals surface area contributed by atoms with Crippen LogP contribution in [0.15, 0.2) is 24.3 Å². The molecular weight excluding hydrogens is 440 g/mol. The zero-order chi connectivity index (χ0) is 22.5. The summed E-state index contributed by atoms with van der Waals surface area (Å²) in [6, 6.07) is 8.62. The standard InChI is InChI=1S/C24H33ClN6S/c1-31(2)22-19-8-4-6-10-21(19)29-23(30-22)27-17-11-13-18(14-12-17)28-24(32)26-15-16-7-3-5-9-20(16)25/h3,5,7,9,17-18H,4,6,8,10-15H2,1-2H3,(H2,26,28,32)(H,27,29,30). The summed E-state index contributed by atoms with van der Waals surface area (Å²) in [5, 5.41) is 11.8. The monoisotopic (exact) mass is 472 g/mol. The van der Waals surface area contributed by atoms with Gasteiger partial charge in [0.2, 0.25) is 5.95 Å². The second-order valence-corrected chi connectivity index (χ2v) is 9.82. The molecule has 172 valence electrons. The molecule has 0 unspecified atom stereocenters. The van der Waals surface area contributed by atoms with E-state index in [1.807, 2.05) is 24.3 Å². The minimum absolute atomic E-state index is 0.390. The van der Waals surface area contributed by atoms with Crippen molar-refractivity contribution in [1.82, 2.24) is 20.6 Å². The second kappa shape index (κ2) is 10.7. The topological polar surface area (TPSA) is 65.1 Å². The van der Waals surface area contributed by atoms with Crippen LogP contribution in [-0.2, 0) is 19.4 Å². The molecule has 6 nitrogen and oxygen atoms in total. The van der Waals surface area contributed by atoms with E-state index >= 15 is 0 Å². The first kappa shape index (κ1) is 23.1. The molecule has 1 aromatic carbocycles. The van der Waals surface area contributed by atoms with Gasteiger partial charge in [0.05, 0.1) is 5.69 Å². The van der Waals surface area contributed by atoms with Crippen LogP contribution in [0.4, 0.5) is 11.8 Å². The average Bonchev–Trinajstić information content (AvgIpc) is 2.79. The van der Waals surface area contributed by atoms with Gasteiger partial charge in [-0.05, 0) is 75.2 Å². The number of aromatic nitrogens is 2. The fourth-order valence-electron chi connectivity index (χ4n) is 4.63. The Morgan fingerprint density at radius 2 is 1.78 bits per heavy atom. The fraction of sp³-hybridized carbons (Fsp3) is 0.542. The molecule has 2 aliphatic carbocycles. The van der Waals surface area contributed by atoms with E-state index in [0.29, 0.717) is 23.7 Å². The van der Waals surface area contributed by atoms with Gasteiger partial charge in [0.25, 0.3) is 0 Å². The van der Waals surface area contributed by atoms with Gasteiger partial charge in [0, 0.05) is 43.3 Å². The van der Waals surface area contributed by atoms with Crippen LogP contribution in [0.5, 0.6) is 0 Å². The van der Waals surface area contributed by atoms with Gasteiger partial charge in [-0.1, -0.05) is 29.8 Å². The van der Waals surface area contributed by atoms with E-state index in [-0.39, 0.29) is 0 Å². The van der Waals surface area contributed by atoms with Gasteiger partial charge in [-0.2, -0.15) is 4.98 Å². The number of hydrogen-bond donors (Lipinski definition) is 3. The highest BCUT2D eigenvalue weighted by molar-refractivity contribution is 7.80. The normalized spacial score (nSPS) is 20.2. The first-order chi connectivity index (χ1) is 15.5. The highest BCUT2D eigenvalue weighted by Crippen LogP contribution is 2.29. The van der Waals surface area contributed by atoms with Crippen molar-refractivity contribution in [3.8, 4) is 0 Å². The van der Waals surface area contributed by atoms with Crippen LogP contribution in [0.25, 0.3) is 0 Å². The molecule has 8 heteroatoms. The predicted octanol–water partition coefficient (Wildman–Crippen LogP) is 4.46. The van der Waals surface area contributed by atoms with E-state index < -0.39 is 0 Å². The lowest BCUT2D eigenvalue weighted by molar-refractivity contribution is 0.385. The molecule has 1 heterocycles. The number of halogens is 1. The van der Waals surface area contributed by atoms with Gasteiger partial charge < -0.3 is 20.9 Å². The number of anilines is 2. The van der Waals surface area contributed by atoms with Crippen molar-refractivity contribution < 1.29 is 0 Å². The molecule has 0 radical (unpaired) electrons. The summed E-state index contributed by atoms with van der Waals surface area (Å²) in [4.78, 5) is 11.8. The Bertz CT molecular complexity index is 942. The minimum Gasteiger partial charge on any atom is -0.362 e. The number of nitrogens with one attached hydrogen (secondary N) is 3. The van der Waals surface area contributed by atoms with Crippen LogP contribution < -0.4 is 20.9 Å². The smallest absolute Gasteiger partial charge is 0.225 e. The van der Waals surface area contributed by atoms with E-state index in [1.54, 1.807) is 0 Å². The second-order valence-electron chi connectivity index (χ2n) is 9.01. The van der Waals surface area contributed by atoms with Gasteiger partial charge in [-0.3, -0.25) is 0 Å². The maximum absolute atomic E-state index is 6.22. The summed E-state index contributed by atoms with van der Waals surface area (Å²) in [5.41, 5.74) is 3.61. The number of thiocarbonyl (C=S) groups is 1. The Balaban J connectivity index is 1.26. The number of benzene rings is 1. The van der Waals surface area contributed by atoms with Crippen molar-refractivity contribution >= 4 is 40.7 Å². The first-order valence-electron chi connectivity index (χ1n) is 11.6. The van der Waals surface area contributed by atoms with Gasteiger partial charge in [0.15, 0.2) is 5.11 Å². The minimum atomic E-state index is 0.390. The summed E-state index contributed by atoms with van der Waals surface area (Å²) in [6.45, 7) is 0.631. The molecule has 4 rings (SSSR count). The van der Waals surface area contributed by atoms with Crippen molar-refractivity contribution in [1.29, 1.82) is 0 Å². The molecule has 1 aromatic heterocycles. The van der Waals surface area contributed by atoms with Crippen molar-refractivity contribution in [2.45, 2.75) is 70.0 Å². The zero-order valence-electron chi connectivity index (χ0n) is 19.0. The van der Waals surface area contributed by atoms with Crippen molar-refractivity contribution in [2.24, 2.45) is 0 Å². The van der Waals surface area contributed by atoms with Gasteiger partial charge in [-0.15, -0.1) is 0 Å². The van der Waals surface area contributed by atoms with Crippen molar-refractivity contribution in [2.75, 3.05) is 24.3 Å². The first-order valence-corrected chi connectivity index (χ1v) is 12.4. The predicted molar refractivity (Wildman–Crippen MR) is 137 cm³/mol. The van der Waals surface area contributed by atoms with Crippen LogP contribution in [0.2, 0.25) is 5.02 Å². The molecule has 0 atom stereocenters. The van der Waals surface area contributed by atoms with Gasteiger partial charge in [-0.25, -0.2) is 4.98 Å². The highest BCUT2D eigenvalue weighted by Gasteiger charge is 2.24. The molecule has 1 fully saturated rings. The number of aryl methyl sites for hydroxylation is 1. The Morgan fingerprint density at radius 1 is 1.06 bits per heavy atom. The van der Waals surface area contributed by atoms with Crippen molar-refractivity contribution in [3.05, 3.63) is 46.1 Å². The molecule has 3 N–H and O–H groups in total. The van der Waals surface area contributed by atoms with Crippen LogP contribution in [-0.4, -0.2) is 41.3 Å². The summed E-state index contributed by atoms with van der Waals surface area (Å²) in [5.74, 6) is 1.85. The zero-order valence-corrected chi connectivity index (χ0v) is 20.5. The van der Waals surface area contributed by atoms with E-state index in [4.69, 9.17) is 33.8 Å². The summed E-state index contributed by atoms with van der Waals surface area (Å²) in [7, 11) is 4.14. The lowest BCUT2D eigenvalue weighted by atomic mass is 9.91. The summed E-state index contributed by atoms with van der Waals surface area (Å²) < 4.78 is 0.